The summed E-state index contributed by atoms with van der Waals surface area (Å²) in [6, 6.07) is 2.19. The maximum atomic E-state index is 5.87. The van der Waals surface area contributed by atoms with E-state index in [2.05, 4.69) is 22.2 Å². The molecule has 0 amide bonds. The summed E-state index contributed by atoms with van der Waals surface area (Å²) < 4.78 is 0. The van der Waals surface area contributed by atoms with Gasteiger partial charge in [0.2, 0.25) is 5.95 Å². The lowest BCUT2D eigenvalue weighted by Gasteiger charge is -2.23. The van der Waals surface area contributed by atoms with E-state index >= 15 is 0 Å². The quantitative estimate of drug-likeness (QED) is 0.629. The topological polar surface area (TPSA) is 63.8 Å². The number of rotatable bonds is 2. The average Bonchev–Trinajstić information content (AvgIpc) is 2.43. The molecule has 0 saturated heterocycles. The van der Waals surface area contributed by atoms with E-state index in [9.17, 15) is 0 Å². The number of hydrogen-bond acceptors (Lipinski definition) is 4. The van der Waals surface area contributed by atoms with Gasteiger partial charge in [-0.05, 0) is 18.8 Å². The molecule has 1 saturated carbocycles. The van der Waals surface area contributed by atoms with Gasteiger partial charge in [-0.25, -0.2) is 4.98 Å². The summed E-state index contributed by atoms with van der Waals surface area (Å²) in [4.78, 5) is 8.02. The molecule has 2 unspecified atom stereocenters. The lowest BCUT2D eigenvalue weighted by Crippen LogP contribution is -2.26. The Morgan fingerprint density at radius 1 is 1.29 bits per heavy atom. The van der Waals surface area contributed by atoms with Crippen LogP contribution >= 0.6 is 11.6 Å². The van der Waals surface area contributed by atoms with Crippen molar-refractivity contribution >= 4 is 23.4 Å². The van der Waals surface area contributed by atoms with Gasteiger partial charge in [0.1, 0.15) is 11.0 Å². The van der Waals surface area contributed by atoms with Gasteiger partial charge in [0.05, 0.1) is 0 Å². The van der Waals surface area contributed by atoms with Crippen LogP contribution in [0, 0.1) is 5.92 Å². The van der Waals surface area contributed by atoms with Crippen molar-refractivity contribution in [3.05, 3.63) is 11.2 Å². The molecule has 1 aromatic heterocycles. The molecular formula is C12H19ClN4. The number of halogens is 1. The maximum Gasteiger partial charge on any atom is 0.223 e. The van der Waals surface area contributed by atoms with Crippen LogP contribution < -0.4 is 11.1 Å². The SMILES string of the molecule is CC1CCCCCC1Nc1cc(Cl)nc(N)n1. The molecule has 4 nitrogen and oxygen atoms in total. The lowest BCUT2D eigenvalue weighted by molar-refractivity contribution is 0.455. The van der Waals surface area contributed by atoms with E-state index < -0.39 is 0 Å². The highest BCUT2D eigenvalue weighted by Gasteiger charge is 2.20. The zero-order chi connectivity index (χ0) is 12.3. The Hall–Kier alpha value is -1.03. The van der Waals surface area contributed by atoms with Crippen LogP contribution in [0.15, 0.2) is 6.07 Å². The van der Waals surface area contributed by atoms with E-state index in [1.165, 1.54) is 32.1 Å². The monoisotopic (exact) mass is 254 g/mol. The molecule has 2 rings (SSSR count). The van der Waals surface area contributed by atoms with Crippen molar-refractivity contribution in [1.82, 2.24) is 9.97 Å². The summed E-state index contributed by atoms with van der Waals surface area (Å²) >= 11 is 5.87. The molecular weight excluding hydrogens is 236 g/mol. The number of nitrogens with zero attached hydrogens (tertiary/aromatic N) is 2. The first-order chi connectivity index (χ1) is 8.15. The second-order valence-corrected chi connectivity index (χ2v) is 5.19. The number of hydrogen-bond donors (Lipinski definition) is 2. The molecule has 1 heterocycles. The van der Waals surface area contributed by atoms with Crippen LogP contribution in [0.1, 0.15) is 39.0 Å². The third-order valence-electron chi connectivity index (χ3n) is 3.41. The fourth-order valence-corrected chi connectivity index (χ4v) is 2.60. The zero-order valence-electron chi connectivity index (χ0n) is 10.1. The molecule has 0 bridgehead atoms. The summed E-state index contributed by atoms with van der Waals surface area (Å²) in [7, 11) is 0. The normalized spacial score (nSPS) is 25.3. The minimum atomic E-state index is 0.223. The van der Waals surface area contributed by atoms with Gasteiger partial charge in [-0.2, -0.15) is 4.98 Å². The average molecular weight is 255 g/mol. The van der Waals surface area contributed by atoms with Crippen LogP contribution in [0.2, 0.25) is 5.15 Å². The van der Waals surface area contributed by atoms with Crippen molar-refractivity contribution in [1.29, 1.82) is 0 Å². The summed E-state index contributed by atoms with van der Waals surface area (Å²) in [6.45, 7) is 2.29. The van der Waals surface area contributed by atoms with Crippen molar-refractivity contribution in [3.63, 3.8) is 0 Å². The van der Waals surface area contributed by atoms with Gasteiger partial charge >= 0.3 is 0 Å². The van der Waals surface area contributed by atoms with Gasteiger partial charge in [-0.15, -0.1) is 0 Å². The molecule has 3 N–H and O–H groups in total. The fraction of sp³-hybridized carbons (Fsp3) is 0.667. The van der Waals surface area contributed by atoms with Crippen molar-refractivity contribution in [2.45, 2.75) is 45.1 Å². The highest BCUT2D eigenvalue weighted by Crippen LogP contribution is 2.26. The Morgan fingerprint density at radius 3 is 2.82 bits per heavy atom. The molecule has 2 atom stereocenters. The van der Waals surface area contributed by atoms with Gasteiger partial charge in [-0.1, -0.05) is 37.8 Å². The summed E-state index contributed by atoms with van der Waals surface area (Å²) in [5, 5.41) is 3.83. The van der Waals surface area contributed by atoms with Crippen LogP contribution in [0.5, 0.6) is 0 Å². The minimum absolute atomic E-state index is 0.223. The van der Waals surface area contributed by atoms with Crippen molar-refractivity contribution in [2.24, 2.45) is 5.92 Å². The molecule has 1 aliphatic carbocycles. The maximum absolute atomic E-state index is 5.87. The molecule has 1 fully saturated rings. The molecule has 0 radical (unpaired) electrons. The Bertz CT molecular complexity index is 363. The van der Waals surface area contributed by atoms with E-state index in [1.807, 2.05) is 0 Å². The van der Waals surface area contributed by atoms with Gasteiger partial charge in [0.25, 0.3) is 0 Å². The first-order valence-corrected chi connectivity index (χ1v) is 6.59. The van der Waals surface area contributed by atoms with Crippen LogP contribution in [0.25, 0.3) is 0 Å². The number of nitrogens with two attached hydrogens (primary N) is 1. The number of nitrogens with one attached hydrogen (secondary N) is 1. The summed E-state index contributed by atoms with van der Waals surface area (Å²) in [6.07, 6.45) is 6.38. The van der Waals surface area contributed by atoms with Crippen LogP contribution in [-0.2, 0) is 0 Å². The van der Waals surface area contributed by atoms with Crippen molar-refractivity contribution < 1.29 is 0 Å². The Balaban J connectivity index is 2.07. The molecule has 0 aromatic carbocycles. The van der Waals surface area contributed by atoms with Gasteiger partial charge in [-0.3, -0.25) is 0 Å². The Kier molecular flexibility index (Phi) is 4.05. The molecule has 0 aliphatic heterocycles. The highest BCUT2D eigenvalue weighted by molar-refractivity contribution is 6.29. The van der Waals surface area contributed by atoms with E-state index in [1.54, 1.807) is 6.07 Å². The Labute approximate surface area is 107 Å². The van der Waals surface area contributed by atoms with Crippen LogP contribution in [-0.4, -0.2) is 16.0 Å². The molecule has 94 valence electrons. The van der Waals surface area contributed by atoms with E-state index in [4.69, 9.17) is 17.3 Å². The third-order valence-corrected chi connectivity index (χ3v) is 3.60. The molecule has 1 aromatic rings. The van der Waals surface area contributed by atoms with E-state index in [0.717, 1.165) is 5.82 Å². The van der Waals surface area contributed by atoms with Crippen molar-refractivity contribution in [2.75, 3.05) is 11.1 Å². The van der Waals surface area contributed by atoms with Gasteiger partial charge in [0, 0.05) is 12.1 Å². The van der Waals surface area contributed by atoms with Gasteiger partial charge < -0.3 is 11.1 Å². The minimum Gasteiger partial charge on any atom is -0.368 e. The highest BCUT2D eigenvalue weighted by atomic mass is 35.5. The second-order valence-electron chi connectivity index (χ2n) is 4.80. The largest absolute Gasteiger partial charge is 0.368 e. The Morgan fingerprint density at radius 2 is 2.06 bits per heavy atom. The molecule has 17 heavy (non-hydrogen) atoms. The second kappa shape index (κ2) is 5.54. The smallest absolute Gasteiger partial charge is 0.223 e. The molecule has 0 spiro atoms. The number of anilines is 2. The number of aromatic nitrogens is 2. The standard InChI is InChI=1S/C12H19ClN4/c1-8-5-3-2-4-6-9(8)15-11-7-10(13)16-12(14)17-11/h7-9H,2-6H2,1H3,(H3,14,15,16,17). The van der Waals surface area contributed by atoms with Crippen LogP contribution in [0.4, 0.5) is 11.8 Å². The summed E-state index contributed by atoms with van der Waals surface area (Å²) in [5.41, 5.74) is 5.58. The molecule has 5 heteroatoms. The first-order valence-electron chi connectivity index (χ1n) is 6.22. The fourth-order valence-electron chi connectivity index (χ4n) is 2.41. The van der Waals surface area contributed by atoms with Crippen molar-refractivity contribution in [3.8, 4) is 0 Å². The van der Waals surface area contributed by atoms with E-state index in [0.29, 0.717) is 17.1 Å². The lowest BCUT2D eigenvalue weighted by atomic mass is 9.97. The zero-order valence-corrected chi connectivity index (χ0v) is 10.9. The first kappa shape index (κ1) is 12.4. The predicted octanol–water partition coefficient (Wildman–Crippen LogP) is 3.09. The third kappa shape index (κ3) is 3.46. The number of nitrogen functional groups attached to an aromatic ring is 1. The van der Waals surface area contributed by atoms with E-state index in [-0.39, 0.29) is 5.95 Å². The van der Waals surface area contributed by atoms with Crippen LogP contribution in [0.3, 0.4) is 0 Å². The van der Waals surface area contributed by atoms with Gasteiger partial charge in [0.15, 0.2) is 0 Å². The predicted molar refractivity (Wildman–Crippen MR) is 71.1 cm³/mol. The summed E-state index contributed by atoms with van der Waals surface area (Å²) in [5.74, 6) is 1.62. The molecule has 1 aliphatic rings.